The Balaban J connectivity index is 1.59. The van der Waals surface area contributed by atoms with E-state index in [1.165, 1.54) is 24.3 Å². The fourth-order valence-corrected chi connectivity index (χ4v) is 5.40. The molecule has 0 radical (unpaired) electrons. The number of benzene rings is 3. The van der Waals surface area contributed by atoms with Gasteiger partial charge < -0.3 is 14.2 Å². The molecule has 0 bridgehead atoms. The summed E-state index contributed by atoms with van der Waals surface area (Å²) in [5.41, 5.74) is 1.59. The number of amides is 2. The van der Waals surface area contributed by atoms with E-state index in [2.05, 4.69) is 5.32 Å². The topological polar surface area (TPSA) is 120 Å². The zero-order valence-corrected chi connectivity index (χ0v) is 22.1. The van der Waals surface area contributed by atoms with Crippen LogP contribution < -0.4 is 15.0 Å². The van der Waals surface area contributed by atoms with Crippen molar-refractivity contribution < 1.29 is 28.7 Å². The number of non-ortho nitro benzene ring substituents is 1. The number of nitrogens with zero attached hydrogens (tertiary/aromatic N) is 2. The van der Waals surface area contributed by atoms with Crippen LogP contribution in [0.3, 0.4) is 0 Å². The second-order valence-corrected chi connectivity index (χ2v) is 10.5. The summed E-state index contributed by atoms with van der Waals surface area (Å²) in [4.78, 5) is 38.6. The number of nitrogens with one attached hydrogen (secondary N) is 1. The highest BCUT2D eigenvalue weighted by Gasteiger charge is 2.59. The van der Waals surface area contributed by atoms with Crippen molar-refractivity contribution in [1.29, 1.82) is 0 Å². The largest absolute Gasteiger partial charge is 0.496 e. The van der Waals surface area contributed by atoms with Gasteiger partial charge in [0, 0.05) is 28.9 Å². The zero-order valence-electron chi connectivity index (χ0n) is 22.1. The van der Waals surface area contributed by atoms with E-state index in [1.807, 2.05) is 30.3 Å². The number of rotatable bonds is 5. The number of anilines is 2. The Kier molecular flexibility index (Phi) is 6.51. The van der Waals surface area contributed by atoms with Gasteiger partial charge in [-0.3, -0.25) is 25.1 Å². The molecule has 0 aliphatic carbocycles. The SMILES string of the molecule is COc1ccc(NC(=O)OC(C)(C)C)cc1[C@]12CCO[C@H]1N(C(=O)c1ccc([N+](=O)[O-])cc1)c1ccccc12. The number of hydrogen-bond acceptors (Lipinski definition) is 7. The molecule has 39 heavy (non-hydrogen) atoms. The molecule has 5 rings (SSSR count). The molecule has 0 aromatic heterocycles. The second kappa shape index (κ2) is 9.70. The summed E-state index contributed by atoms with van der Waals surface area (Å²) in [6.07, 6.45) is -0.731. The third kappa shape index (κ3) is 4.57. The van der Waals surface area contributed by atoms with Crippen LogP contribution in [-0.2, 0) is 14.9 Å². The summed E-state index contributed by atoms with van der Waals surface area (Å²) in [5, 5.41) is 13.9. The monoisotopic (exact) mass is 531 g/mol. The van der Waals surface area contributed by atoms with Crippen LogP contribution in [0, 0.1) is 10.1 Å². The van der Waals surface area contributed by atoms with Crippen molar-refractivity contribution in [2.24, 2.45) is 0 Å². The van der Waals surface area contributed by atoms with E-state index in [-0.39, 0.29) is 11.6 Å². The van der Waals surface area contributed by atoms with Gasteiger partial charge in [-0.2, -0.15) is 0 Å². The summed E-state index contributed by atoms with van der Waals surface area (Å²) in [5.74, 6) is 0.243. The number of carbonyl (C=O) groups is 2. The molecule has 1 N–H and O–H groups in total. The van der Waals surface area contributed by atoms with E-state index in [4.69, 9.17) is 14.2 Å². The maximum Gasteiger partial charge on any atom is 0.412 e. The van der Waals surface area contributed by atoms with Crippen molar-refractivity contribution in [2.75, 3.05) is 23.9 Å². The maximum atomic E-state index is 13.9. The highest BCUT2D eigenvalue weighted by molar-refractivity contribution is 6.08. The van der Waals surface area contributed by atoms with E-state index in [0.717, 1.165) is 11.1 Å². The molecule has 1 saturated heterocycles. The van der Waals surface area contributed by atoms with Crippen molar-refractivity contribution in [3.63, 3.8) is 0 Å². The molecular weight excluding hydrogens is 502 g/mol. The fraction of sp³-hybridized carbons (Fsp3) is 0.310. The molecule has 0 saturated carbocycles. The lowest BCUT2D eigenvalue weighted by molar-refractivity contribution is -0.384. The van der Waals surface area contributed by atoms with Gasteiger partial charge in [-0.05, 0) is 69.2 Å². The molecule has 2 heterocycles. The minimum Gasteiger partial charge on any atom is -0.496 e. The van der Waals surface area contributed by atoms with Crippen LogP contribution in [0.2, 0.25) is 0 Å². The number of nitro benzene ring substituents is 1. The third-order valence-corrected chi connectivity index (χ3v) is 6.94. The molecule has 3 aromatic rings. The van der Waals surface area contributed by atoms with E-state index >= 15 is 0 Å². The Labute approximate surface area is 225 Å². The Hall–Kier alpha value is -4.44. The summed E-state index contributed by atoms with van der Waals surface area (Å²) >= 11 is 0. The van der Waals surface area contributed by atoms with Crippen LogP contribution in [0.5, 0.6) is 5.75 Å². The lowest BCUT2D eigenvalue weighted by Gasteiger charge is -2.33. The van der Waals surface area contributed by atoms with Gasteiger partial charge in [0.25, 0.3) is 11.6 Å². The third-order valence-electron chi connectivity index (χ3n) is 6.94. The first-order valence-electron chi connectivity index (χ1n) is 12.5. The molecular formula is C29H29N3O7. The lowest BCUT2D eigenvalue weighted by Crippen LogP contribution is -2.45. The standard InChI is InChI=1S/C29H29N3O7/c1-28(2,3)39-27(34)30-19-11-14-24(37-4)22(17-19)29-15-16-38-26(29)31(23-8-6-5-7-21(23)29)25(33)18-9-12-20(13-10-18)32(35)36/h5-14,17,26H,15-16H2,1-4H3,(H,30,34)/t26-,29-/m1/s1. The predicted molar refractivity (Wildman–Crippen MR) is 144 cm³/mol. The molecule has 0 unspecified atom stereocenters. The van der Waals surface area contributed by atoms with Crippen molar-refractivity contribution >= 4 is 29.1 Å². The van der Waals surface area contributed by atoms with Crippen molar-refractivity contribution in [1.82, 2.24) is 0 Å². The van der Waals surface area contributed by atoms with Gasteiger partial charge in [-0.1, -0.05) is 18.2 Å². The maximum absolute atomic E-state index is 13.9. The van der Waals surface area contributed by atoms with Gasteiger partial charge in [0.05, 0.1) is 29.7 Å². The number of ether oxygens (including phenoxy) is 3. The lowest BCUT2D eigenvalue weighted by atomic mass is 9.73. The quantitative estimate of drug-likeness (QED) is 0.334. The summed E-state index contributed by atoms with van der Waals surface area (Å²) < 4.78 is 17.4. The number of hydrogen-bond donors (Lipinski definition) is 1. The minimum atomic E-state index is -0.788. The Bertz CT molecular complexity index is 1450. The number of nitro groups is 1. The van der Waals surface area contributed by atoms with Gasteiger partial charge in [0.1, 0.15) is 11.4 Å². The molecule has 2 atom stereocenters. The predicted octanol–water partition coefficient (Wildman–Crippen LogP) is 5.64. The molecule has 2 aliphatic rings. The Morgan fingerprint density at radius 2 is 1.79 bits per heavy atom. The van der Waals surface area contributed by atoms with E-state index < -0.39 is 28.3 Å². The Morgan fingerprint density at radius 3 is 2.46 bits per heavy atom. The summed E-state index contributed by atoms with van der Waals surface area (Å²) in [6, 6.07) is 18.4. The highest BCUT2D eigenvalue weighted by atomic mass is 16.6. The number of methoxy groups -OCH3 is 1. The van der Waals surface area contributed by atoms with E-state index in [1.54, 1.807) is 44.9 Å². The first-order valence-corrected chi connectivity index (χ1v) is 12.5. The van der Waals surface area contributed by atoms with Crippen LogP contribution in [0.25, 0.3) is 0 Å². The number of para-hydroxylation sites is 1. The van der Waals surface area contributed by atoms with Gasteiger partial charge in [0.15, 0.2) is 6.23 Å². The van der Waals surface area contributed by atoms with Crippen LogP contribution >= 0.6 is 0 Å². The average Bonchev–Trinajstić information content (AvgIpc) is 3.44. The van der Waals surface area contributed by atoms with Crippen molar-refractivity contribution in [3.05, 3.63) is 93.5 Å². The highest BCUT2D eigenvalue weighted by Crippen LogP contribution is 2.57. The molecule has 2 amide bonds. The minimum absolute atomic E-state index is 0.0983. The van der Waals surface area contributed by atoms with Gasteiger partial charge in [-0.25, -0.2) is 4.79 Å². The molecule has 202 valence electrons. The number of fused-ring (bicyclic) bond motifs is 3. The van der Waals surface area contributed by atoms with Crippen molar-refractivity contribution in [2.45, 2.75) is 44.4 Å². The van der Waals surface area contributed by atoms with E-state index in [0.29, 0.717) is 35.7 Å². The first-order chi connectivity index (χ1) is 18.5. The molecule has 1 fully saturated rings. The van der Waals surface area contributed by atoms with E-state index in [9.17, 15) is 19.7 Å². The van der Waals surface area contributed by atoms with Gasteiger partial charge >= 0.3 is 6.09 Å². The number of carbonyl (C=O) groups excluding carboxylic acids is 2. The van der Waals surface area contributed by atoms with Crippen LogP contribution in [0.4, 0.5) is 21.9 Å². The van der Waals surface area contributed by atoms with Crippen molar-refractivity contribution in [3.8, 4) is 5.75 Å². The van der Waals surface area contributed by atoms with Crippen LogP contribution in [-0.4, -0.2) is 42.5 Å². The molecule has 3 aromatic carbocycles. The molecule has 2 aliphatic heterocycles. The molecule has 10 nitrogen and oxygen atoms in total. The summed E-state index contributed by atoms with van der Waals surface area (Å²) in [7, 11) is 1.57. The second-order valence-electron chi connectivity index (χ2n) is 10.5. The molecule has 0 spiro atoms. The Morgan fingerprint density at radius 1 is 1.08 bits per heavy atom. The molecule has 10 heteroatoms. The van der Waals surface area contributed by atoms with Gasteiger partial charge in [0.2, 0.25) is 0 Å². The summed E-state index contributed by atoms with van der Waals surface area (Å²) in [6.45, 7) is 5.75. The fourth-order valence-electron chi connectivity index (χ4n) is 5.40. The van der Waals surface area contributed by atoms with Gasteiger partial charge in [-0.15, -0.1) is 0 Å². The van der Waals surface area contributed by atoms with Crippen LogP contribution in [0.1, 0.15) is 48.7 Å². The normalized spacial score (nSPS) is 19.7. The zero-order chi connectivity index (χ0) is 27.9. The first kappa shape index (κ1) is 26.2. The van der Waals surface area contributed by atoms with Crippen LogP contribution in [0.15, 0.2) is 66.7 Å². The smallest absolute Gasteiger partial charge is 0.412 e. The average molecular weight is 532 g/mol.